The van der Waals surface area contributed by atoms with Gasteiger partial charge in [-0.05, 0) is 44.2 Å². The van der Waals surface area contributed by atoms with Crippen LogP contribution in [0.1, 0.15) is 47.1 Å². The molecule has 1 amide bonds. The van der Waals surface area contributed by atoms with Gasteiger partial charge in [-0.15, -0.1) is 0 Å². The van der Waals surface area contributed by atoms with E-state index in [0.717, 1.165) is 31.5 Å². The topological polar surface area (TPSA) is 64.4 Å². The van der Waals surface area contributed by atoms with Crippen LogP contribution >= 0.6 is 11.6 Å². The number of hydrogen-bond acceptors (Lipinski definition) is 4. The summed E-state index contributed by atoms with van der Waals surface area (Å²) in [6.07, 6.45) is 2.13. The lowest BCUT2D eigenvalue weighted by Gasteiger charge is -2.30. The van der Waals surface area contributed by atoms with Gasteiger partial charge in [-0.3, -0.25) is 9.48 Å². The van der Waals surface area contributed by atoms with Crippen molar-refractivity contribution in [2.45, 2.75) is 40.2 Å². The van der Waals surface area contributed by atoms with Gasteiger partial charge in [0.1, 0.15) is 5.56 Å². The van der Waals surface area contributed by atoms with E-state index in [1.165, 1.54) is 0 Å². The van der Waals surface area contributed by atoms with Crippen molar-refractivity contribution in [2.75, 3.05) is 19.7 Å². The fourth-order valence-corrected chi connectivity index (χ4v) is 3.84. The molecule has 1 aromatic heterocycles. The van der Waals surface area contributed by atoms with Crippen LogP contribution < -0.4 is 0 Å². The first-order valence-corrected chi connectivity index (χ1v) is 9.97. The van der Waals surface area contributed by atoms with Crippen molar-refractivity contribution in [2.24, 2.45) is 5.92 Å². The summed E-state index contributed by atoms with van der Waals surface area (Å²) in [5.41, 5.74) is 2.60. The SMILES string of the molecule is Cc1nn(Cc2ccccc2Cl)c(C)c1C(=O)OCC(=O)N1CCC[C@H](C)C1. The Labute approximate surface area is 170 Å². The van der Waals surface area contributed by atoms with Crippen LogP contribution in [0.5, 0.6) is 0 Å². The molecule has 6 nitrogen and oxygen atoms in total. The van der Waals surface area contributed by atoms with E-state index in [-0.39, 0.29) is 12.5 Å². The molecule has 1 fully saturated rings. The van der Waals surface area contributed by atoms with Crippen molar-refractivity contribution in [3.05, 3.63) is 51.8 Å². The summed E-state index contributed by atoms with van der Waals surface area (Å²) in [4.78, 5) is 26.7. The summed E-state index contributed by atoms with van der Waals surface area (Å²) < 4.78 is 7.06. The largest absolute Gasteiger partial charge is 0.452 e. The van der Waals surface area contributed by atoms with E-state index in [0.29, 0.717) is 34.4 Å². The number of benzene rings is 1. The summed E-state index contributed by atoms with van der Waals surface area (Å²) >= 11 is 6.23. The molecule has 0 spiro atoms. The van der Waals surface area contributed by atoms with Gasteiger partial charge in [-0.1, -0.05) is 36.7 Å². The molecule has 0 N–H and O–H groups in total. The van der Waals surface area contributed by atoms with Crippen LogP contribution in [0.4, 0.5) is 0 Å². The Hall–Kier alpha value is -2.34. The maximum atomic E-state index is 12.6. The molecule has 7 heteroatoms. The van der Waals surface area contributed by atoms with Gasteiger partial charge in [-0.25, -0.2) is 4.79 Å². The van der Waals surface area contributed by atoms with E-state index in [1.807, 2.05) is 31.2 Å². The minimum absolute atomic E-state index is 0.140. The standard InChI is InChI=1S/C21H26ClN3O3/c1-14-7-6-10-24(11-14)19(26)13-28-21(27)20-15(2)23-25(16(20)3)12-17-8-4-5-9-18(17)22/h4-5,8-9,14H,6-7,10-13H2,1-3H3/t14-/m0/s1. The quantitative estimate of drug-likeness (QED) is 0.715. The number of nitrogens with zero attached hydrogens (tertiary/aromatic N) is 3. The smallest absolute Gasteiger partial charge is 0.342 e. The molecule has 1 saturated heterocycles. The van der Waals surface area contributed by atoms with Gasteiger partial charge in [0, 0.05) is 18.1 Å². The van der Waals surface area contributed by atoms with E-state index >= 15 is 0 Å². The number of aryl methyl sites for hydroxylation is 1. The Morgan fingerprint density at radius 2 is 2.04 bits per heavy atom. The van der Waals surface area contributed by atoms with Gasteiger partial charge in [0.05, 0.1) is 17.9 Å². The van der Waals surface area contributed by atoms with Gasteiger partial charge < -0.3 is 9.64 Å². The van der Waals surface area contributed by atoms with E-state index in [9.17, 15) is 9.59 Å². The second-order valence-electron chi connectivity index (χ2n) is 7.46. The molecule has 1 aromatic carbocycles. The van der Waals surface area contributed by atoms with Gasteiger partial charge in [0.25, 0.3) is 5.91 Å². The molecule has 3 rings (SSSR count). The Morgan fingerprint density at radius 3 is 2.75 bits per heavy atom. The summed E-state index contributed by atoms with van der Waals surface area (Å²) in [7, 11) is 0. The lowest BCUT2D eigenvalue weighted by Crippen LogP contribution is -2.41. The second-order valence-corrected chi connectivity index (χ2v) is 7.87. The van der Waals surface area contributed by atoms with Crippen LogP contribution in [0.15, 0.2) is 24.3 Å². The molecule has 28 heavy (non-hydrogen) atoms. The number of likely N-dealkylation sites (tertiary alicyclic amines) is 1. The average Bonchev–Trinajstić information content (AvgIpc) is 2.94. The monoisotopic (exact) mass is 403 g/mol. The molecule has 1 aliphatic heterocycles. The molecular formula is C21H26ClN3O3. The third-order valence-corrected chi connectivity index (χ3v) is 5.57. The zero-order valence-corrected chi connectivity index (χ0v) is 17.3. The van der Waals surface area contributed by atoms with E-state index in [1.54, 1.807) is 16.5 Å². The Balaban J connectivity index is 1.66. The molecule has 2 aromatic rings. The van der Waals surface area contributed by atoms with Gasteiger partial charge in [-0.2, -0.15) is 5.10 Å². The molecule has 1 atom stereocenters. The van der Waals surface area contributed by atoms with E-state index < -0.39 is 5.97 Å². The van der Waals surface area contributed by atoms with Crippen molar-refractivity contribution >= 4 is 23.5 Å². The molecule has 150 valence electrons. The number of carbonyl (C=O) groups is 2. The predicted octanol–water partition coefficient (Wildman–Crippen LogP) is 3.62. The number of hydrogen-bond donors (Lipinski definition) is 0. The highest BCUT2D eigenvalue weighted by Crippen LogP contribution is 2.20. The number of amides is 1. The Bertz CT molecular complexity index is 878. The highest BCUT2D eigenvalue weighted by atomic mass is 35.5. The van der Waals surface area contributed by atoms with Crippen molar-refractivity contribution < 1.29 is 14.3 Å². The number of halogens is 1. The van der Waals surface area contributed by atoms with Crippen LogP contribution in [0.3, 0.4) is 0 Å². The third kappa shape index (κ3) is 4.55. The average molecular weight is 404 g/mol. The number of rotatable bonds is 5. The maximum Gasteiger partial charge on any atom is 0.342 e. The molecule has 1 aliphatic rings. The van der Waals surface area contributed by atoms with Gasteiger partial charge in [0.15, 0.2) is 6.61 Å². The maximum absolute atomic E-state index is 12.6. The predicted molar refractivity (Wildman–Crippen MR) is 108 cm³/mol. The molecule has 0 saturated carbocycles. The number of aromatic nitrogens is 2. The Kier molecular flexibility index (Phi) is 6.39. The van der Waals surface area contributed by atoms with Crippen LogP contribution in [0.25, 0.3) is 0 Å². The normalized spacial score (nSPS) is 16.9. The molecule has 0 bridgehead atoms. The fourth-order valence-electron chi connectivity index (χ4n) is 3.64. The third-order valence-electron chi connectivity index (χ3n) is 5.20. The minimum atomic E-state index is -0.515. The van der Waals surface area contributed by atoms with Crippen molar-refractivity contribution in [3.8, 4) is 0 Å². The highest BCUT2D eigenvalue weighted by molar-refractivity contribution is 6.31. The molecular weight excluding hydrogens is 378 g/mol. The lowest BCUT2D eigenvalue weighted by molar-refractivity contribution is -0.136. The van der Waals surface area contributed by atoms with Gasteiger partial charge in [0.2, 0.25) is 0 Å². The van der Waals surface area contributed by atoms with E-state index in [2.05, 4.69) is 12.0 Å². The molecule has 0 aliphatic carbocycles. The molecule has 0 radical (unpaired) electrons. The van der Waals surface area contributed by atoms with Crippen LogP contribution in [-0.2, 0) is 16.1 Å². The van der Waals surface area contributed by atoms with Crippen molar-refractivity contribution in [1.29, 1.82) is 0 Å². The number of ether oxygens (including phenoxy) is 1. The minimum Gasteiger partial charge on any atom is -0.452 e. The van der Waals surface area contributed by atoms with E-state index in [4.69, 9.17) is 16.3 Å². The number of piperidine rings is 1. The molecule has 0 unspecified atom stereocenters. The first-order chi connectivity index (χ1) is 13.4. The van der Waals surface area contributed by atoms with Crippen LogP contribution in [0, 0.1) is 19.8 Å². The first kappa shape index (κ1) is 20.4. The van der Waals surface area contributed by atoms with Crippen molar-refractivity contribution in [1.82, 2.24) is 14.7 Å². The summed E-state index contributed by atoms with van der Waals surface area (Å²) in [5.74, 6) is -0.168. The first-order valence-electron chi connectivity index (χ1n) is 9.59. The van der Waals surface area contributed by atoms with Crippen LogP contribution in [-0.4, -0.2) is 46.3 Å². The fraction of sp³-hybridized carbons (Fsp3) is 0.476. The van der Waals surface area contributed by atoms with Crippen molar-refractivity contribution in [3.63, 3.8) is 0 Å². The number of esters is 1. The van der Waals surface area contributed by atoms with Gasteiger partial charge >= 0.3 is 5.97 Å². The lowest BCUT2D eigenvalue weighted by atomic mass is 10.0. The summed E-state index contributed by atoms with van der Waals surface area (Å²) in [5, 5.41) is 5.11. The second kappa shape index (κ2) is 8.78. The summed E-state index contributed by atoms with van der Waals surface area (Å²) in [6, 6.07) is 7.53. The zero-order valence-electron chi connectivity index (χ0n) is 16.6. The number of carbonyl (C=O) groups excluding carboxylic acids is 2. The summed E-state index contributed by atoms with van der Waals surface area (Å²) in [6.45, 7) is 7.40. The van der Waals surface area contributed by atoms with Crippen LogP contribution in [0.2, 0.25) is 5.02 Å². The highest BCUT2D eigenvalue weighted by Gasteiger charge is 2.24. The molecule has 2 heterocycles. The zero-order chi connectivity index (χ0) is 20.3. The Morgan fingerprint density at radius 1 is 1.29 bits per heavy atom.